The Morgan fingerprint density at radius 3 is 2.75 bits per heavy atom. The second-order valence-corrected chi connectivity index (χ2v) is 7.55. The Morgan fingerprint density at radius 1 is 1.21 bits per heavy atom. The van der Waals surface area contributed by atoms with Gasteiger partial charge in [0.15, 0.2) is 0 Å². The third-order valence-corrected chi connectivity index (χ3v) is 5.84. The number of halogens is 1. The summed E-state index contributed by atoms with van der Waals surface area (Å²) in [5.74, 6) is 0.434. The van der Waals surface area contributed by atoms with Crippen LogP contribution in [0.1, 0.15) is 36.5 Å². The first-order valence-corrected chi connectivity index (χ1v) is 9.67. The van der Waals surface area contributed by atoms with E-state index in [1.165, 1.54) is 6.07 Å². The molecule has 0 aromatic heterocycles. The molecule has 0 radical (unpaired) electrons. The van der Waals surface area contributed by atoms with Crippen molar-refractivity contribution in [2.75, 3.05) is 11.9 Å². The van der Waals surface area contributed by atoms with Crippen LogP contribution in [-0.2, 0) is 17.8 Å². The molecular formula is C22H24FN3O2. The van der Waals surface area contributed by atoms with Gasteiger partial charge in [-0.15, -0.1) is 0 Å². The van der Waals surface area contributed by atoms with Crippen LogP contribution in [0, 0.1) is 11.7 Å². The van der Waals surface area contributed by atoms with Crippen LogP contribution in [0.2, 0.25) is 0 Å². The Labute approximate surface area is 163 Å². The van der Waals surface area contributed by atoms with Gasteiger partial charge in [0.25, 0.3) is 0 Å². The first-order valence-electron chi connectivity index (χ1n) is 9.67. The molecule has 0 spiro atoms. The largest absolute Gasteiger partial charge is 0.339 e. The van der Waals surface area contributed by atoms with E-state index in [1.807, 2.05) is 37.3 Å². The van der Waals surface area contributed by atoms with Crippen molar-refractivity contribution < 1.29 is 14.0 Å². The molecule has 1 fully saturated rings. The summed E-state index contributed by atoms with van der Waals surface area (Å²) >= 11 is 0. The highest BCUT2D eigenvalue weighted by Gasteiger charge is 2.56. The van der Waals surface area contributed by atoms with E-state index in [-0.39, 0.29) is 29.7 Å². The summed E-state index contributed by atoms with van der Waals surface area (Å²) in [6, 6.07) is 12.3. The van der Waals surface area contributed by atoms with Crippen molar-refractivity contribution in [2.45, 2.75) is 38.8 Å². The smallest absolute Gasteiger partial charge is 0.319 e. The molecule has 0 saturated heterocycles. The molecule has 146 valence electrons. The lowest BCUT2D eigenvalue weighted by Crippen LogP contribution is -2.34. The molecule has 5 nitrogen and oxygen atoms in total. The first-order chi connectivity index (χ1) is 13.5. The van der Waals surface area contributed by atoms with Gasteiger partial charge in [0, 0.05) is 37.7 Å². The maximum atomic E-state index is 13.4. The number of para-hydroxylation sites is 1. The number of carbonyl (C=O) groups excluding carboxylic acids is 2. The van der Waals surface area contributed by atoms with Gasteiger partial charge in [0.2, 0.25) is 5.91 Å². The number of hydrogen-bond donors (Lipinski definition) is 2. The number of fused-ring (bicyclic) bond motifs is 3. The second kappa shape index (κ2) is 7.26. The zero-order valence-corrected chi connectivity index (χ0v) is 16.0. The average molecular weight is 381 g/mol. The molecule has 2 aromatic rings. The highest BCUT2D eigenvalue weighted by molar-refractivity contribution is 5.91. The fraction of sp³-hybridized carbons (Fsp3) is 0.364. The van der Waals surface area contributed by atoms with Gasteiger partial charge >= 0.3 is 6.03 Å². The number of benzene rings is 2. The van der Waals surface area contributed by atoms with E-state index in [4.69, 9.17) is 0 Å². The van der Waals surface area contributed by atoms with Crippen LogP contribution in [0.25, 0.3) is 0 Å². The van der Waals surface area contributed by atoms with E-state index < -0.39 is 0 Å². The van der Waals surface area contributed by atoms with E-state index in [9.17, 15) is 14.0 Å². The molecule has 2 aliphatic carbocycles. The number of nitrogens with zero attached hydrogens (tertiary/aromatic N) is 1. The van der Waals surface area contributed by atoms with E-state index in [0.717, 1.165) is 23.1 Å². The zero-order valence-electron chi connectivity index (χ0n) is 16.0. The monoisotopic (exact) mass is 381 g/mol. The standard InChI is InChI=1S/C22H24FN3O2/c1-3-26(13(2)27)12-14-6-4-5-7-19(14)24-22(28)25-21-18-11-15-10-16(23)8-9-17(15)20(18)21/h4-10,18,20-21H,3,11-12H2,1-2H3,(H2,24,25,28). The Kier molecular flexibility index (Phi) is 4.79. The maximum Gasteiger partial charge on any atom is 0.319 e. The average Bonchev–Trinajstić information content (AvgIpc) is 3.17. The number of amides is 3. The van der Waals surface area contributed by atoms with Crippen molar-refractivity contribution in [3.63, 3.8) is 0 Å². The predicted molar refractivity (Wildman–Crippen MR) is 105 cm³/mol. The summed E-state index contributed by atoms with van der Waals surface area (Å²) in [7, 11) is 0. The first kappa shape index (κ1) is 18.5. The summed E-state index contributed by atoms with van der Waals surface area (Å²) in [6.45, 7) is 4.54. The van der Waals surface area contributed by atoms with Crippen LogP contribution in [0.3, 0.4) is 0 Å². The molecule has 1 saturated carbocycles. The molecule has 0 heterocycles. The summed E-state index contributed by atoms with van der Waals surface area (Å²) in [5.41, 5.74) is 3.80. The van der Waals surface area contributed by atoms with Crippen molar-refractivity contribution in [3.8, 4) is 0 Å². The van der Waals surface area contributed by atoms with E-state index in [1.54, 1.807) is 17.9 Å². The van der Waals surface area contributed by atoms with Gasteiger partial charge in [0.05, 0.1) is 0 Å². The molecule has 0 aliphatic heterocycles. The van der Waals surface area contributed by atoms with Crippen LogP contribution >= 0.6 is 0 Å². The Balaban J connectivity index is 1.39. The Morgan fingerprint density at radius 2 is 2.00 bits per heavy atom. The molecule has 4 rings (SSSR count). The van der Waals surface area contributed by atoms with Crippen LogP contribution < -0.4 is 10.6 Å². The second-order valence-electron chi connectivity index (χ2n) is 7.55. The zero-order chi connectivity index (χ0) is 19.8. The fourth-order valence-electron chi connectivity index (χ4n) is 4.32. The minimum absolute atomic E-state index is 0.00247. The number of rotatable bonds is 5. The van der Waals surface area contributed by atoms with Gasteiger partial charge in [-0.1, -0.05) is 24.3 Å². The van der Waals surface area contributed by atoms with Crippen LogP contribution in [-0.4, -0.2) is 29.4 Å². The lowest BCUT2D eigenvalue weighted by atomic mass is 10.0. The lowest BCUT2D eigenvalue weighted by Gasteiger charge is -2.21. The third-order valence-electron chi connectivity index (χ3n) is 5.84. The Hall–Kier alpha value is -2.89. The molecule has 2 aliphatic rings. The molecule has 2 N–H and O–H groups in total. The number of nitrogens with one attached hydrogen (secondary N) is 2. The number of urea groups is 1. The summed E-state index contributed by atoms with van der Waals surface area (Å²) in [6.07, 6.45) is 0.809. The predicted octanol–water partition coefficient (Wildman–Crippen LogP) is 3.65. The van der Waals surface area contributed by atoms with Gasteiger partial charge in [-0.25, -0.2) is 9.18 Å². The molecule has 28 heavy (non-hydrogen) atoms. The van der Waals surface area contributed by atoms with Gasteiger partial charge in [0.1, 0.15) is 5.82 Å². The van der Waals surface area contributed by atoms with Gasteiger partial charge in [-0.2, -0.15) is 0 Å². The van der Waals surface area contributed by atoms with Crippen LogP contribution in [0.5, 0.6) is 0 Å². The van der Waals surface area contributed by atoms with Gasteiger partial charge in [-0.3, -0.25) is 4.79 Å². The normalized spacial score (nSPS) is 21.5. The van der Waals surface area contributed by atoms with Gasteiger partial charge in [-0.05, 0) is 54.2 Å². The van der Waals surface area contributed by atoms with E-state index >= 15 is 0 Å². The van der Waals surface area contributed by atoms with Crippen molar-refractivity contribution in [2.24, 2.45) is 5.92 Å². The molecule has 3 unspecified atom stereocenters. The molecule has 2 aromatic carbocycles. The topological polar surface area (TPSA) is 61.4 Å². The minimum atomic E-state index is -0.249. The number of anilines is 1. The van der Waals surface area contributed by atoms with Crippen molar-refractivity contribution in [1.29, 1.82) is 0 Å². The quantitative estimate of drug-likeness (QED) is 0.830. The molecule has 3 atom stereocenters. The number of hydrogen-bond acceptors (Lipinski definition) is 2. The van der Waals surface area contributed by atoms with Crippen LogP contribution in [0.4, 0.5) is 14.9 Å². The summed E-state index contributed by atoms with van der Waals surface area (Å²) < 4.78 is 13.4. The van der Waals surface area contributed by atoms with Crippen molar-refractivity contribution in [1.82, 2.24) is 10.2 Å². The number of carbonyl (C=O) groups is 2. The minimum Gasteiger partial charge on any atom is -0.339 e. The highest BCUT2D eigenvalue weighted by Crippen LogP contribution is 2.56. The third kappa shape index (κ3) is 3.46. The Bertz CT molecular complexity index is 930. The van der Waals surface area contributed by atoms with Crippen LogP contribution in [0.15, 0.2) is 42.5 Å². The summed E-state index contributed by atoms with van der Waals surface area (Å²) in [5, 5.41) is 5.98. The highest BCUT2D eigenvalue weighted by atomic mass is 19.1. The SMILES string of the molecule is CCN(Cc1ccccc1NC(=O)NC1C2Cc3cc(F)ccc3C21)C(C)=O. The summed E-state index contributed by atoms with van der Waals surface area (Å²) in [4.78, 5) is 26.0. The molecule has 6 heteroatoms. The maximum absolute atomic E-state index is 13.4. The lowest BCUT2D eigenvalue weighted by molar-refractivity contribution is -0.129. The molecular weight excluding hydrogens is 357 g/mol. The fourth-order valence-corrected chi connectivity index (χ4v) is 4.32. The van der Waals surface area contributed by atoms with Crippen molar-refractivity contribution >= 4 is 17.6 Å². The van der Waals surface area contributed by atoms with Crippen molar-refractivity contribution in [3.05, 3.63) is 65.0 Å². The molecule has 0 bridgehead atoms. The molecule has 3 amide bonds. The van der Waals surface area contributed by atoms with E-state index in [0.29, 0.717) is 24.7 Å². The van der Waals surface area contributed by atoms with E-state index in [2.05, 4.69) is 10.6 Å². The van der Waals surface area contributed by atoms with Gasteiger partial charge < -0.3 is 15.5 Å².